The van der Waals surface area contributed by atoms with Crippen LogP contribution in [0.4, 0.5) is 8.78 Å². The van der Waals surface area contributed by atoms with Gasteiger partial charge < -0.3 is 0 Å². The van der Waals surface area contributed by atoms with Gasteiger partial charge in [0.05, 0.1) is 4.70 Å². The first-order chi connectivity index (χ1) is 6.52. The van der Waals surface area contributed by atoms with Gasteiger partial charge in [0.15, 0.2) is 0 Å². The summed E-state index contributed by atoms with van der Waals surface area (Å²) in [5, 5.41) is 0.410. The van der Waals surface area contributed by atoms with Gasteiger partial charge in [-0.05, 0) is 38.0 Å². The van der Waals surface area contributed by atoms with E-state index in [1.165, 1.54) is 11.3 Å². The molecule has 0 unspecified atom stereocenters. The lowest BCUT2D eigenvalue weighted by Gasteiger charge is -2.04. The van der Waals surface area contributed by atoms with E-state index >= 15 is 0 Å². The molecule has 0 atom stereocenters. The van der Waals surface area contributed by atoms with Gasteiger partial charge in [-0.15, -0.1) is 11.3 Å². The summed E-state index contributed by atoms with van der Waals surface area (Å²) in [7, 11) is 0. The smallest absolute Gasteiger partial charge is 0.144 e. The normalized spacial score (nSPS) is 11.2. The molecule has 1 aromatic heterocycles. The van der Waals surface area contributed by atoms with E-state index in [9.17, 15) is 8.78 Å². The predicted octanol–water partition coefficient (Wildman–Crippen LogP) is 4.10. The van der Waals surface area contributed by atoms with Crippen molar-refractivity contribution in [2.75, 3.05) is 0 Å². The molecular weight excluding hydrogens is 202 g/mol. The number of thiophene rings is 1. The highest BCUT2D eigenvalue weighted by molar-refractivity contribution is 7.19. The van der Waals surface area contributed by atoms with Crippen molar-refractivity contribution in [2.24, 2.45) is 0 Å². The second kappa shape index (κ2) is 3.02. The number of hydrogen-bond donors (Lipinski definition) is 0. The summed E-state index contributed by atoms with van der Waals surface area (Å²) in [6, 6.07) is 1.70. The van der Waals surface area contributed by atoms with Crippen molar-refractivity contribution in [1.29, 1.82) is 0 Å². The molecule has 2 rings (SSSR count). The van der Waals surface area contributed by atoms with E-state index in [0.717, 1.165) is 4.88 Å². The highest BCUT2D eigenvalue weighted by atomic mass is 32.1. The van der Waals surface area contributed by atoms with Gasteiger partial charge in [-0.3, -0.25) is 0 Å². The molecule has 2 aromatic rings. The zero-order valence-corrected chi connectivity index (χ0v) is 9.06. The average molecular weight is 212 g/mol. The van der Waals surface area contributed by atoms with Crippen LogP contribution >= 0.6 is 11.3 Å². The first-order valence-electron chi connectivity index (χ1n) is 4.36. The quantitative estimate of drug-likeness (QED) is 0.616. The van der Waals surface area contributed by atoms with E-state index in [4.69, 9.17) is 0 Å². The van der Waals surface area contributed by atoms with Crippen molar-refractivity contribution in [2.45, 2.75) is 20.8 Å². The van der Waals surface area contributed by atoms with Crippen molar-refractivity contribution in [3.05, 3.63) is 33.7 Å². The van der Waals surface area contributed by atoms with Crippen LogP contribution in [0.5, 0.6) is 0 Å². The van der Waals surface area contributed by atoms with E-state index < -0.39 is 0 Å². The molecular formula is C11H10F2S. The molecule has 0 nitrogen and oxygen atoms in total. The van der Waals surface area contributed by atoms with Gasteiger partial charge in [-0.2, -0.15) is 0 Å². The summed E-state index contributed by atoms with van der Waals surface area (Å²) < 4.78 is 27.8. The monoisotopic (exact) mass is 212 g/mol. The first kappa shape index (κ1) is 9.59. The molecule has 0 saturated carbocycles. The van der Waals surface area contributed by atoms with Gasteiger partial charge in [0.25, 0.3) is 0 Å². The Morgan fingerprint density at radius 1 is 1.00 bits per heavy atom. The number of fused-ring (bicyclic) bond motifs is 1. The van der Waals surface area contributed by atoms with Crippen LogP contribution in [0.25, 0.3) is 10.1 Å². The fourth-order valence-electron chi connectivity index (χ4n) is 1.54. The molecule has 0 radical (unpaired) electrons. The van der Waals surface area contributed by atoms with Crippen LogP contribution in [0.15, 0.2) is 6.07 Å². The van der Waals surface area contributed by atoms with Gasteiger partial charge in [0.2, 0.25) is 0 Å². The Kier molecular flexibility index (Phi) is 2.07. The van der Waals surface area contributed by atoms with Crippen molar-refractivity contribution < 1.29 is 8.78 Å². The molecule has 0 fully saturated rings. The Labute approximate surface area is 85.2 Å². The summed E-state index contributed by atoms with van der Waals surface area (Å²) in [5.74, 6) is -0.569. The third-order valence-corrected chi connectivity index (χ3v) is 3.56. The maximum absolute atomic E-state index is 13.7. The topological polar surface area (TPSA) is 0 Å². The third kappa shape index (κ3) is 1.16. The summed E-state index contributed by atoms with van der Waals surface area (Å²) >= 11 is 1.30. The molecule has 0 aliphatic heterocycles. The first-order valence-corrected chi connectivity index (χ1v) is 5.18. The van der Waals surface area contributed by atoms with Gasteiger partial charge in [0.1, 0.15) is 11.6 Å². The highest BCUT2D eigenvalue weighted by Crippen LogP contribution is 2.33. The number of halogens is 2. The van der Waals surface area contributed by atoms with Gasteiger partial charge in [-0.25, -0.2) is 8.78 Å². The van der Waals surface area contributed by atoms with Crippen molar-refractivity contribution in [3.63, 3.8) is 0 Å². The van der Waals surface area contributed by atoms with E-state index in [1.807, 2.05) is 6.92 Å². The lowest BCUT2D eigenvalue weighted by Crippen LogP contribution is -1.92. The fourth-order valence-corrected chi connectivity index (χ4v) is 2.54. The minimum absolute atomic E-state index is 0.281. The molecule has 0 amide bonds. The Morgan fingerprint density at radius 2 is 1.57 bits per heavy atom. The molecule has 1 heterocycles. The summed E-state index contributed by atoms with van der Waals surface area (Å²) in [6.07, 6.45) is 0. The van der Waals surface area contributed by atoms with Crippen LogP contribution in [0, 0.1) is 32.4 Å². The van der Waals surface area contributed by atoms with Crippen molar-refractivity contribution in [3.8, 4) is 0 Å². The van der Waals surface area contributed by atoms with E-state index in [-0.39, 0.29) is 11.6 Å². The maximum Gasteiger partial charge on any atom is 0.144 e. The lowest BCUT2D eigenvalue weighted by atomic mass is 10.1. The SMILES string of the molecule is Cc1cc2c(F)c(C)c(C)c(F)c2s1. The Morgan fingerprint density at radius 3 is 2.21 bits per heavy atom. The minimum atomic E-state index is -0.289. The molecule has 0 aliphatic carbocycles. The lowest BCUT2D eigenvalue weighted by molar-refractivity contribution is 0.603. The largest absolute Gasteiger partial charge is 0.206 e. The van der Waals surface area contributed by atoms with Crippen LogP contribution in [-0.2, 0) is 0 Å². The summed E-state index contributed by atoms with van der Waals surface area (Å²) in [5.41, 5.74) is 0.824. The molecule has 1 aromatic carbocycles. The standard InChI is InChI=1S/C11H10F2S/c1-5-4-8-9(12)6(2)7(3)10(13)11(8)14-5/h4H,1-3H3. The Balaban J connectivity index is 3.01. The summed E-state index contributed by atoms with van der Waals surface area (Å²) in [4.78, 5) is 0.933. The van der Waals surface area contributed by atoms with E-state index in [0.29, 0.717) is 21.2 Å². The second-order valence-corrected chi connectivity index (χ2v) is 4.73. The highest BCUT2D eigenvalue weighted by Gasteiger charge is 2.15. The summed E-state index contributed by atoms with van der Waals surface area (Å²) in [6.45, 7) is 5.08. The van der Waals surface area contributed by atoms with Crippen molar-refractivity contribution >= 4 is 21.4 Å². The average Bonchev–Trinajstić information content (AvgIpc) is 2.54. The number of hydrogen-bond acceptors (Lipinski definition) is 1. The number of benzene rings is 1. The van der Waals surface area contributed by atoms with Crippen LogP contribution < -0.4 is 0 Å². The molecule has 0 bridgehead atoms. The maximum atomic E-state index is 13.7. The predicted molar refractivity (Wildman–Crippen MR) is 56.0 cm³/mol. The Hall–Kier alpha value is -0.960. The van der Waals surface area contributed by atoms with Gasteiger partial charge >= 0.3 is 0 Å². The molecule has 14 heavy (non-hydrogen) atoms. The Bertz CT molecular complexity index is 467. The van der Waals surface area contributed by atoms with Gasteiger partial charge in [0, 0.05) is 10.3 Å². The number of rotatable bonds is 0. The van der Waals surface area contributed by atoms with Crippen LogP contribution in [0.1, 0.15) is 16.0 Å². The zero-order chi connectivity index (χ0) is 10.5. The third-order valence-electron chi connectivity index (χ3n) is 2.51. The minimum Gasteiger partial charge on any atom is -0.206 e. The van der Waals surface area contributed by atoms with Crippen LogP contribution in [-0.4, -0.2) is 0 Å². The zero-order valence-electron chi connectivity index (χ0n) is 8.24. The molecule has 0 spiro atoms. The van der Waals surface area contributed by atoms with Crippen LogP contribution in [0.3, 0.4) is 0 Å². The molecule has 0 N–H and O–H groups in total. The van der Waals surface area contributed by atoms with E-state index in [1.54, 1.807) is 19.9 Å². The molecule has 0 aliphatic rings. The molecule has 74 valence electrons. The second-order valence-electron chi connectivity index (χ2n) is 3.48. The van der Waals surface area contributed by atoms with E-state index in [2.05, 4.69) is 0 Å². The fraction of sp³-hybridized carbons (Fsp3) is 0.273. The van der Waals surface area contributed by atoms with Crippen molar-refractivity contribution in [1.82, 2.24) is 0 Å². The molecule has 0 saturated heterocycles. The number of aryl methyl sites for hydroxylation is 1. The van der Waals surface area contributed by atoms with Crippen LogP contribution in [0.2, 0.25) is 0 Å². The van der Waals surface area contributed by atoms with Gasteiger partial charge in [-0.1, -0.05) is 0 Å². The molecule has 3 heteroatoms.